The van der Waals surface area contributed by atoms with E-state index in [1.54, 1.807) is 172 Å². The van der Waals surface area contributed by atoms with Gasteiger partial charge >= 0.3 is 0 Å². The molecule has 0 aliphatic heterocycles. The second-order valence-corrected chi connectivity index (χ2v) is 26.6. The largest absolute Gasteiger partial charge is 0.212 e. The van der Waals surface area contributed by atoms with Crippen LogP contribution < -0.4 is 18.3 Å². The number of pyridine rings is 4. The van der Waals surface area contributed by atoms with Crippen molar-refractivity contribution in [1.29, 1.82) is 0 Å². The van der Waals surface area contributed by atoms with Gasteiger partial charge in [0, 0.05) is 111 Å². The van der Waals surface area contributed by atoms with E-state index < -0.39 is 79.3 Å². The van der Waals surface area contributed by atoms with Crippen LogP contribution in [0.1, 0.15) is 176 Å². The monoisotopic (exact) mass is 1340 g/mol. The number of hydrogen-bond donors (Lipinski definition) is 0. The number of aromatic nitrogens is 4. The second-order valence-electron chi connectivity index (χ2n) is 26.6. The van der Waals surface area contributed by atoms with Gasteiger partial charge in [-0.25, -0.2) is 18.3 Å². The third-order valence-corrected chi connectivity index (χ3v) is 17.9. The van der Waals surface area contributed by atoms with Gasteiger partial charge in [0.1, 0.15) is 28.2 Å². The summed E-state index contributed by atoms with van der Waals surface area (Å²) in [5, 5.41) is 0. The molecule has 12 rings (SSSR count). The van der Waals surface area contributed by atoms with E-state index in [0.717, 1.165) is 39.2 Å². The molecule has 506 valence electrons. The van der Waals surface area contributed by atoms with Crippen LogP contribution in [-0.4, -0.2) is 0 Å². The number of nitrogens with zero attached hydrogens (tertiary/aromatic N) is 4. The second kappa shape index (κ2) is 31.5. The number of rotatable bonds is 10. The summed E-state index contributed by atoms with van der Waals surface area (Å²) in [6.45, 7) is -1.37. The highest BCUT2D eigenvalue weighted by atomic mass is 14.9. The van der Waals surface area contributed by atoms with Gasteiger partial charge in [-0.2, -0.15) is 0 Å². The van der Waals surface area contributed by atoms with Crippen molar-refractivity contribution < 1.29 is 59.4 Å². The molecule has 0 aliphatic rings. The Kier molecular flexibility index (Phi) is 13.7. The van der Waals surface area contributed by atoms with Gasteiger partial charge in [-0.15, -0.1) is 0 Å². The maximum Gasteiger partial charge on any atom is 0.212 e. The van der Waals surface area contributed by atoms with Gasteiger partial charge in [0.15, 0.2) is 24.8 Å². The summed E-state index contributed by atoms with van der Waals surface area (Å²) in [5.41, 5.74) is 15.6. The van der Waals surface area contributed by atoms with Crippen molar-refractivity contribution in [2.75, 3.05) is 0 Å². The van der Waals surface area contributed by atoms with Crippen molar-refractivity contribution in [3.8, 4) is 89.5 Å². The molecule has 0 N–H and O–H groups in total. The smallest absolute Gasteiger partial charge is 0.201 e. The molecule has 0 unspecified atom stereocenters. The minimum absolute atomic E-state index is 0.0685. The molecule has 0 amide bonds. The van der Waals surface area contributed by atoms with Crippen molar-refractivity contribution in [3.05, 3.63) is 307 Å². The van der Waals surface area contributed by atoms with Crippen LogP contribution in [0.4, 0.5) is 0 Å². The summed E-state index contributed by atoms with van der Waals surface area (Å²) in [4.78, 5) is 0. The van der Waals surface area contributed by atoms with Crippen LogP contribution in [0.25, 0.3) is 89.5 Å². The van der Waals surface area contributed by atoms with Gasteiger partial charge in [0.05, 0.1) is 0 Å². The lowest BCUT2D eigenvalue weighted by atomic mass is 9.86. The number of hydrogen-bond acceptors (Lipinski definition) is 0. The topological polar surface area (TPSA) is 15.5 Å². The van der Waals surface area contributed by atoms with Crippen LogP contribution in [0.3, 0.4) is 0 Å². The molecule has 0 radical (unpaired) electrons. The fourth-order valence-electron chi connectivity index (χ4n) is 12.6. The van der Waals surface area contributed by atoms with E-state index in [1.807, 2.05) is 133 Å². The van der Waals surface area contributed by atoms with Crippen LogP contribution in [0, 0.1) is 109 Å². The van der Waals surface area contributed by atoms with Crippen LogP contribution in [0.2, 0.25) is 0 Å². The standard InChI is InChI=1S/C26H32N.C24H28N.C23H26N.C22H24N/c1-18-10-8-9-11-22(18)25-19(2)12-13-23(20(25)3)24-16-21(14-15-27(24)7)17-26(4,5)6;1-16(2)20-13-14-25(6)23(15-20)22-12-11-18(4)24(19(22)5)21-10-8-7-9-17(21)3;1-15-9-7-8-10-20(15)23-16(2)11-12-21(19(23)5)22-13-17(3)18(4)14-24(22)6;1-15-12-13-23(5)21(14-15)20-11-10-17(3)22(18(20)4)19-9-7-6-8-16(19)2/h8-16H,17H2,1-7H3;7-16H,1-6H3;7-14H,1-6H3;6-14H,1-5H3/q4*+1/i1D3,2D3,17D2;3D3,4D3,16D;1D3,2D3,4D3;2D3,3D3. The summed E-state index contributed by atoms with van der Waals surface area (Å²) in [6.07, 6.45) is 5.58. The molecule has 4 heteroatoms. The molecule has 0 saturated carbocycles. The first-order valence-corrected chi connectivity index (χ1v) is 32.9. The molecule has 0 fully saturated rings. The summed E-state index contributed by atoms with van der Waals surface area (Å²) >= 11 is 0. The predicted octanol–water partition coefficient (Wildman–Crippen LogP) is 22.7. The molecular formula is C95H110N4+4. The molecule has 0 bridgehead atoms. The van der Waals surface area contributed by atoms with Gasteiger partial charge in [-0.1, -0.05) is 156 Å². The molecule has 0 spiro atoms. The van der Waals surface area contributed by atoms with Crippen molar-refractivity contribution in [3.63, 3.8) is 0 Å². The average Bonchev–Trinajstić information content (AvgIpc) is 0.757. The van der Waals surface area contributed by atoms with Crippen LogP contribution in [0.15, 0.2) is 213 Å². The molecule has 99 heavy (non-hydrogen) atoms. The summed E-state index contributed by atoms with van der Waals surface area (Å²) < 4.78 is 249. The molecule has 4 aromatic heterocycles. The van der Waals surface area contributed by atoms with Crippen LogP contribution >= 0.6 is 0 Å². The normalized spacial score (nSPS) is 17.0. The molecule has 12 aromatic rings. The fraction of sp³-hybridized carbons (Fsp3) is 0.284. The minimum Gasteiger partial charge on any atom is -0.201 e. The highest BCUT2D eigenvalue weighted by Gasteiger charge is 2.24. The van der Waals surface area contributed by atoms with Crippen molar-refractivity contribution in [2.45, 2.75) is 150 Å². The fourth-order valence-corrected chi connectivity index (χ4v) is 12.6. The average molecular weight is 1340 g/mol. The van der Waals surface area contributed by atoms with Gasteiger partial charge in [-0.3, -0.25) is 0 Å². The molecule has 4 nitrogen and oxygen atoms in total. The zero-order valence-electron chi connectivity index (χ0n) is 89.5. The van der Waals surface area contributed by atoms with Crippen molar-refractivity contribution in [1.82, 2.24) is 0 Å². The van der Waals surface area contributed by atoms with Crippen molar-refractivity contribution in [2.24, 2.45) is 33.6 Å². The molecule has 8 aromatic carbocycles. The molecule has 0 saturated heterocycles. The Labute approximate surface area is 638 Å². The predicted molar refractivity (Wildman–Crippen MR) is 422 cm³/mol. The third kappa shape index (κ3) is 16.7. The van der Waals surface area contributed by atoms with E-state index >= 15 is 0 Å². The maximum atomic E-state index is 8.71. The Hall–Kier alpha value is -9.64. The molecule has 0 aliphatic carbocycles. The van der Waals surface area contributed by atoms with Gasteiger partial charge in [0.25, 0.3) is 0 Å². The van der Waals surface area contributed by atoms with E-state index in [0.29, 0.717) is 94.8 Å². The lowest BCUT2D eigenvalue weighted by Crippen LogP contribution is -2.31. The first-order chi connectivity index (χ1) is 58.9. The summed E-state index contributed by atoms with van der Waals surface area (Å²) in [7, 11) is 7.40. The molecule has 0 atom stereocenters. The van der Waals surface area contributed by atoms with Gasteiger partial charge < -0.3 is 0 Å². The highest BCUT2D eigenvalue weighted by molar-refractivity contribution is 5.84. The Morgan fingerprint density at radius 3 is 1.01 bits per heavy atom. The third-order valence-electron chi connectivity index (χ3n) is 17.9. The number of benzene rings is 8. The van der Waals surface area contributed by atoms with E-state index in [2.05, 4.69) is 0 Å². The Morgan fingerprint density at radius 2 is 0.657 bits per heavy atom. The van der Waals surface area contributed by atoms with Crippen molar-refractivity contribution >= 4 is 0 Å². The van der Waals surface area contributed by atoms with E-state index in [-0.39, 0.29) is 50.1 Å². The van der Waals surface area contributed by atoms with Gasteiger partial charge in [-0.05, 0) is 279 Å². The van der Waals surface area contributed by atoms with E-state index in [4.69, 9.17) is 41.1 Å². The Morgan fingerprint density at radius 1 is 0.333 bits per heavy atom. The first kappa shape index (κ1) is 43.0. The SMILES string of the molecule is [2H]C([2H])([2H])c1c[n+](C)c(-c2ccc(C([2H])([2H])[2H])c(-c3ccccc3C([2H])([2H])[2H])c2C)cc1C.[2H]C([2H])([2H])c1ccccc1-c1c(C([2H])([2H])[2H])ccc(-c2cc(C([2H])(C)C)cc[n+]2C)c1C.[2H]C([2H])([2H])c1ccccc1-c1c(C([2H])([2H])[2H])ccc(-c2cc(C([2H])([2H])C(C)(C)C)cc[n+]2C)c1C.[2H]C([2H])([2H])c1ccccc1-c1c(C([2H])([2H])[2H])ccc(-c2cc(C)cc[n+]2C)c1C. The highest BCUT2D eigenvalue weighted by Crippen LogP contribution is 2.40. The first-order valence-electron chi connectivity index (χ1n) is 47.9. The lowest BCUT2D eigenvalue weighted by Gasteiger charge is -2.19. The van der Waals surface area contributed by atoms with E-state index in [9.17, 15) is 0 Å². The molecule has 4 heterocycles. The van der Waals surface area contributed by atoms with Crippen LogP contribution in [-0.2, 0) is 34.6 Å². The number of aryl methyl sites for hydroxylation is 15. The zero-order chi connectivity index (χ0) is 97.1. The molecular weight excluding hydrogens is 1200 g/mol. The summed E-state index contributed by atoms with van der Waals surface area (Å²) in [6, 6.07) is 52.6. The van der Waals surface area contributed by atoms with Crippen LogP contribution in [0.5, 0.6) is 0 Å². The minimum atomic E-state index is -2.45. The zero-order valence-corrected chi connectivity index (χ0v) is 59.5. The summed E-state index contributed by atoms with van der Waals surface area (Å²) in [5.74, 6) is -0.799. The van der Waals surface area contributed by atoms with E-state index in [1.165, 1.54) is 30.3 Å². The lowest BCUT2D eigenvalue weighted by molar-refractivity contribution is -0.660. The Balaban J connectivity index is 0.000000194. The Bertz CT molecular complexity index is 6150. The quantitative estimate of drug-likeness (QED) is 0.121. The maximum absolute atomic E-state index is 8.71. The van der Waals surface area contributed by atoms with Gasteiger partial charge in [0.2, 0.25) is 22.8 Å².